The van der Waals surface area contributed by atoms with Gasteiger partial charge in [-0.25, -0.2) is 8.42 Å². The Morgan fingerprint density at radius 2 is 1.69 bits per heavy atom. The van der Waals surface area contributed by atoms with E-state index >= 15 is 0 Å². The molecule has 0 radical (unpaired) electrons. The Balaban J connectivity index is 2.06. The summed E-state index contributed by atoms with van der Waals surface area (Å²) >= 11 is 9.82. The van der Waals surface area contributed by atoms with Crippen LogP contribution >= 0.6 is 27.5 Å². The van der Waals surface area contributed by atoms with Crippen LogP contribution in [0.4, 0.5) is 5.69 Å². The molecule has 1 unspecified atom stereocenters. The van der Waals surface area contributed by atoms with Gasteiger partial charge in [0.2, 0.25) is 11.8 Å². The van der Waals surface area contributed by atoms with E-state index in [2.05, 4.69) is 21.2 Å². The molecule has 0 aliphatic heterocycles. The first kappa shape index (κ1) is 30.7. The van der Waals surface area contributed by atoms with Crippen molar-refractivity contribution in [3.8, 4) is 0 Å². The molecule has 0 bridgehead atoms. The standard InChI is InChI=1S/C29H33BrClN3O4S/c1-4-17-32-29(36)27(5-2)33(19-22-9-6-7-12-26(22)31)28(35)20-34(24-11-8-10-23(30)18-24)39(37,38)25-15-13-21(3)14-16-25/h6-16,18,27H,4-5,17,19-20H2,1-3H3,(H,32,36). The summed E-state index contributed by atoms with van der Waals surface area (Å²) in [5, 5.41) is 3.32. The van der Waals surface area contributed by atoms with Crippen molar-refractivity contribution < 1.29 is 18.0 Å². The van der Waals surface area contributed by atoms with E-state index in [-0.39, 0.29) is 17.3 Å². The van der Waals surface area contributed by atoms with Crippen LogP contribution < -0.4 is 9.62 Å². The van der Waals surface area contributed by atoms with Crippen LogP contribution in [0, 0.1) is 6.92 Å². The minimum Gasteiger partial charge on any atom is -0.354 e. The van der Waals surface area contributed by atoms with Gasteiger partial charge in [-0.1, -0.05) is 83.3 Å². The number of aryl methyl sites for hydroxylation is 1. The molecule has 0 aliphatic carbocycles. The van der Waals surface area contributed by atoms with Gasteiger partial charge in [0.05, 0.1) is 10.6 Å². The number of carbonyl (C=O) groups is 2. The van der Waals surface area contributed by atoms with Crippen molar-refractivity contribution in [3.63, 3.8) is 0 Å². The number of benzene rings is 3. The summed E-state index contributed by atoms with van der Waals surface area (Å²) in [5.41, 5.74) is 1.89. The maximum absolute atomic E-state index is 14.0. The van der Waals surface area contributed by atoms with Gasteiger partial charge < -0.3 is 10.2 Å². The summed E-state index contributed by atoms with van der Waals surface area (Å²) in [6.07, 6.45) is 1.08. The summed E-state index contributed by atoms with van der Waals surface area (Å²) < 4.78 is 29.5. The molecule has 0 fully saturated rings. The molecular formula is C29H33BrClN3O4S. The lowest BCUT2D eigenvalue weighted by Crippen LogP contribution is -2.52. The first-order chi connectivity index (χ1) is 18.6. The zero-order valence-corrected chi connectivity index (χ0v) is 25.4. The zero-order valence-electron chi connectivity index (χ0n) is 22.2. The van der Waals surface area contributed by atoms with E-state index in [0.717, 1.165) is 16.3 Å². The molecule has 0 heterocycles. The van der Waals surface area contributed by atoms with Crippen LogP contribution in [-0.2, 0) is 26.2 Å². The molecule has 3 aromatic carbocycles. The molecule has 7 nitrogen and oxygen atoms in total. The van der Waals surface area contributed by atoms with Gasteiger partial charge in [0.25, 0.3) is 10.0 Å². The van der Waals surface area contributed by atoms with Gasteiger partial charge in [-0.3, -0.25) is 13.9 Å². The fourth-order valence-electron chi connectivity index (χ4n) is 4.09. The quantitative estimate of drug-likeness (QED) is 0.267. The van der Waals surface area contributed by atoms with Gasteiger partial charge in [0.1, 0.15) is 12.6 Å². The lowest BCUT2D eigenvalue weighted by atomic mass is 10.1. The predicted molar refractivity (Wildman–Crippen MR) is 159 cm³/mol. The summed E-state index contributed by atoms with van der Waals surface area (Å²) in [4.78, 5) is 28.6. The molecule has 10 heteroatoms. The minimum atomic E-state index is -4.13. The number of hydrogen-bond acceptors (Lipinski definition) is 4. The van der Waals surface area contributed by atoms with Crippen LogP contribution in [0.3, 0.4) is 0 Å². The summed E-state index contributed by atoms with van der Waals surface area (Å²) in [7, 11) is -4.13. The number of rotatable bonds is 12. The van der Waals surface area contributed by atoms with E-state index in [0.29, 0.717) is 33.7 Å². The topological polar surface area (TPSA) is 86.8 Å². The highest BCUT2D eigenvalue weighted by atomic mass is 79.9. The molecule has 3 aromatic rings. The number of nitrogens with one attached hydrogen (secondary N) is 1. The second-order valence-electron chi connectivity index (χ2n) is 9.13. The maximum Gasteiger partial charge on any atom is 0.264 e. The van der Waals surface area contributed by atoms with Crippen molar-refractivity contribution in [1.82, 2.24) is 10.2 Å². The van der Waals surface area contributed by atoms with Gasteiger partial charge in [0, 0.05) is 22.6 Å². The van der Waals surface area contributed by atoms with Crippen LogP contribution in [0.1, 0.15) is 37.8 Å². The Morgan fingerprint density at radius 1 is 1.00 bits per heavy atom. The fourth-order valence-corrected chi connectivity index (χ4v) is 6.08. The Kier molecular flexibility index (Phi) is 11.0. The third-order valence-corrected chi connectivity index (χ3v) is 8.87. The Bertz CT molecular complexity index is 1400. The first-order valence-electron chi connectivity index (χ1n) is 12.7. The number of carbonyl (C=O) groups excluding carboxylic acids is 2. The average Bonchev–Trinajstić information content (AvgIpc) is 2.91. The summed E-state index contributed by atoms with van der Waals surface area (Å²) in [6.45, 7) is 5.64. The van der Waals surface area contributed by atoms with Crippen LogP contribution in [0.2, 0.25) is 5.02 Å². The van der Waals surface area contributed by atoms with Crippen molar-refractivity contribution in [3.05, 3.63) is 93.4 Å². The normalized spacial score (nSPS) is 12.0. The van der Waals surface area contributed by atoms with Crippen molar-refractivity contribution >= 4 is 55.1 Å². The summed E-state index contributed by atoms with van der Waals surface area (Å²) in [5.74, 6) is -0.820. The highest BCUT2D eigenvalue weighted by Gasteiger charge is 2.33. The molecule has 0 saturated carbocycles. The van der Waals surface area contributed by atoms with Crippen LogP contribution in [0.5, 0.6) is 0 Å². The van der Waals surface area contributed by atoms with E-state index in [1.54, 1.807) is 60.7 Å². The van der Waals surface area contributed by atoms with Crippen LogP contribution in [0.25, 0.3) is 0 Å². The molecule has 2 amide bonds. The smallest absolute Gasteiger partial charge is 0.264 e. The van der Waals surface area contributed by atoms with Crippen molar-refractivity contribution in [2.75, 3.05) is 17.4 Å². The Morgan fingerprint density at radius 3 is 2.31 bits per heavy atom. The fraction of sp³-hybridized carbons (Fsp3) is 0.310. The van der Waals surface area contributed by atoms with E-state index in [1.165, 1.54) is 17.0 Å². The van der Waals surface area contributed by atoms with E-state index in [1.807, 2.05) is 20.8 Å². The molecule has 208 valence electrons. The average molecular weight is 635 g/mol. The SMILES string of the molecule is CCCNC(=O)C(CC)N(Cc1ccccc1Cl)C(=O)CN(c1cccc(Br)c1)S(=O)(=O)c1ccc(C)cc1. The number of anilines is 1. The molecule has 1 atom stereocenters. The number of nitrogens with zero attached hydrogens (tertiary/aromatic N) is 2. The third kappa shape index (κ3) is 7.84. The minimum absolute atomic E-state index is 0.0491. The molecule has 0 saturated heterocycles. The highest BCUT2D eigenvalue weighted by molar-refractivity contribution is 9.10. The largest absolute Gasteiger partial charge is 0.354 e. The first-order valence-corrected chi connectivity index (χ1v) is 15.3. The van der Waals surface area contributed by atoms with E-state index < -0.39 is 28.5 Å². The Hall–Kier alpha value is -2.88. The van der Waals surface area contributed by atoms with Gasteiger partial charge in [-0.2, -0.15) is 0 Å². The highest BCUT2D eigenvalue weighted by Crippen LogP contribution is 2.28. The number of hydrogen-bond donors (Lipinski definition) is 1. The van der Waals surface area contributed by atoms with Crippen molar-refractivity contribution in [2.45, 2.75) is 51.1 Å². The van der Waals surface area contributed by atoms with E-state index in [4.69, 9.17) is 11.6 Å². The van der Waals surface area contributed by atoms with Crippen LogP contribution in [0.15, 0.2) is 82.2 Å². The lowest BCUT2D eigenvalue weighted by molar-refractivity contribution is -0.140. The lowest BCUT2D eigenvalue weighted by Gasteiger charge is -2.33. The van der Waals surface area contributed by atoms with Gasteiger partial charge in [0.15, 0.2) is 0 Å². The second-order valence-corrected chi connectivity index (χ2v) is 12.3. The van der Waals surface area contributed by atoms with Gasteiger partial charge in [-0.15, -0.1) is 0 Å². The molecule has 0 aliphatic rings. The maximum atomic E-state index is 14.0. The molecule has 1 N–H and O–H groups in total. The molecular weight excluding hydrogens is 602 g/mol. The monoisotopic (exact) mass is 633 g/mol. The Labute approximate surface area is 244 Å². The number of amides is 2. The molecule has 39 heavy (non-hydrogen) atoms. The van der Waals surface area contributed by atoms with Gasteiger partial charge >= 0.3 is 0 Å². The van der Waals surface area contributed by atoms with Gasteiger partial charge in [-0.05, 0) is 61.7 Å². The van der Waals surface area contributed by atoms with Crippen molar-refractivity contribution in [1.29, 1.82) is 0 Å². The molecule has 0 spiro atoms. The summed E-state index contributed by atoms with van der Waals surface area (Å²) in [6, 6.07) is 19.5. The van der Waals surface area contributed by atoms with Crippen molar-refractivity contribution in [2.24, 2.45) is 0 Å². The van der Waals surface area contributed by atoms with Crippen LogP contribution in [-0.4, -0.2) is 44.3 Å². The molecule has 3 rings (SSSR count). The predicted octanol–water partition coefficient (Wildman–Crippen LogP) is 5.94. The zero-order chi connectivity index (χ0) is 28.6. The van der Waals surface area contributed by atoms with E-state index in [9.17, 15) is 18.0 Å². The second kappa shape index (κ2) is 14.0. The number of sulfonamides is 1. The molecule has 0 aromatic heterocycles. The third-order valence-electron chi connectivity index (χ3n) is 6.22. The number of halogens is 2.